The van der Waals surface area contributed by atoms with Gasteiger partial charge in [-0.15, -0.1) is 12.6 Å². The first kappa shape index (κ1) is 16.6. The van der Waals surface area contributed by atoms with Crippen molar-refractivity contribution in [3.05, 3.63) is 29.8 Å². The van der Waals surface area contributed by atoms with Crippen molar-refractivity contribution in [2.24, 2.45) is 5.92 Å². The monoisotopic (exact) mass is 278 g/mol. The molecule has 1 aromatic carbocycles. The zero-order valence-corrected chi connectivity index (χ0v) is 13.8. The summed E-state index contributed by atoms with van der Waals surface area (Å²) in [7, 11) is 0. The fourth-order valence-corrected chi connectivity index (χ4v) is 3.08. The zero-order chi connectivity index (χ0) is 14.1. The standard InChI is InChI=1S/C18H30S/c1-4-5-10-15(2)11-6-7-12-16(3)17-13-8-9-14-18(17)19/h8-9,13-16,19H,4-7,10-12H2,1-3H3. The van der Waals surface area contributed by atoms with Crippen molar-refractivity contribution in [2.45, 2.75) is 76.5 Å². The van der Waals surface area contributed by atoms with E-state index in [9.17, 15) is 0 Å². The van der Waals surface area contributed by atoms with E-state index in [0.717, 1.165) is 10.8 Å². The molecule has 0 N–H and O–H groups in total. The Bertz CT molecular complexity index is 345. The summed E-state index contributed by atoms with van der Waals surface area (Å²) in [6.45, 7) is 7.01. The Kier molecular flexibility index (Phi) is 8.29. The van der Waals surface area contributed by atoms with E-state index in [2.05, 4.69) is 57.7 Å². The molecular weight excluding hydrogens is 248 g/mol. The van der Waals surface area contributed by atoms with E-state index in [4.69, 9.17) is 0 Å². The lowest BCUT2D eigenvalue weighted by atomic mass is 9.92. The minimum absolute atomic E-state index is 0.639. The third-order valence-electron chi connectivity index (χ3n) is 4.10. The molecule has 2 atom stereocenters. The van der Waals surface area contributed by atoms with Gasteiger partial charge < -0.3 is 0 Å². The van der Waals surface area contributed by atoms with Crippen LogP contribution in [0.3, 0.4) is 0 Å². The Balaban J connectivity index is 2.21. The Hall–Kier alpha value is -0.430. The largest absolute Gasteiger partial charge is 0.143 e. The molecule has 2 unspecified atom stereocenters. The molecule has 0 saturated heterocycles. The fraction of sp³-hybridized carbons (Fsp3) is 0.667. The van der Waals surface area contributed by atoms with Crippen LogP contribution in [-0.4, -0.2) is 0 Å². The Morgan fingerprint density at radius 1 is 0.947 bits per heavy atom. The molecule has 0 amide bonds. The van der Waals surface area contributed by atoms with Gasteiger partial charge in [0.1, 0.15) is 0 Å². The van der Waals surface area contributed by atoms with E-state index in [-0.39, 0.29) is 0 Å². The van der Waals surface area contributed by atoms with Crippen molar-refractivity contribution >= 4 is 12.6 Å². The average molecular weight is 279 g/mol. The summed E-state index contributed by atoms with van der Waals surface area (Å²) in [4.78, 5) is 1.14. The molecule has 1 rings (SSSR count). The summed E-state index contributed by atoms with van der Waals surface area (Å²) in [5.74, 6) is 1.55. The van der Waals surface area contributed by atoms with Crippen LogP contribution >= 0.6 is 12.6 Å². The molecule has 0 radical (unpaired) electrons. The van der Waals surface area contributed by atoms with Gasteiger partial charge in [0.2, 0.25) is 0 Å². The second-order valence-electron chi connectivity index (χ2n) is 5.99. The third kappa shape index (κ3) is 6.51. The van der Waals surface area contributed by atoms with Gasteiger partial charge in [0.15, 0.2) is 0 Å². The second-order valence-corrected chi connectivity index (χ2v) is 6.47. The van der Waals surface area contributed by atoms with Gasteiger partial charge in [0.05, 0.1) is 0 Å². The predicted octanol–water partition coefficient (Wildman–Crippen LogP) is 6.47. The maximum Gasteiger partial charge on any atom is 0.00747 e. The molecule has 108 valence electrons. The molecular formula is C18H30S. The summed E-state index contributed by atoms with van der Waals surface area (Å²) in [5.41, 5.74) is 1.41. The summed E-state index contributed by atoms with van der Waals surface area (Å²) >= 11 is 4.55. The number of hydrogen-bond donors (Lipinski definition) is 1. The minimum atomic E-state index is 0.639. The van der Waals surface area contributed by atoms with Crippen LogP contribution in [-0.2, 0) is 0 Å². The van der Waals surface area contributed by atoms with Gasteiger partial charge in [-0.25, -0.2) is 0 Å². The Morgan fingerprint density at radius 3 is 2.26 bits per heavy atom. The summed E-state index contributed by atoms with van der Waals surface area (Å²) < 4.78 is 0. The molecule has 19 heavy (non-hydrogen) atoms. The van der Waals surface area contributed by atoms with Gasteiger partial charge in [-0.05, 0) is 29.9 Å². The molecule has 0 aliphatic carbocycles. The fourth-order valence-electron chi connectivity index (χ4n) is 2.70. The Labute approximate surface area is 125 Å². The third-order valence-corrected chi connectivity index (χ3v) is 4.51. The minimum Gasteiger partial charge on any atom is -0.143 e. The molecule has 1 aromatic rings. The normalized spacial score (nSPS) is 14.3. The lowest BCUT2D eigenvalue weighted by Gasteiger charge is -2.15. The number of thiol groups is 1. The molecule has 0 fully saturated rings. The van der Waals surface area contributed by atoms with Crippen molar-refractivity contribution < 1.29 is 0 Å². The molecule has 1 heteroatoms. The molecule has 0 nitrogen and oxygen atoms in total. The van der Waals surface area contributed by atoms with Crippen LogP contribution in [0.4, 0.5) is 0 Å². The van der Waals surface area contributed by atoms with Crippen LogP contribution in [0, 0.1) is 5.92 Å². The van der Waals surface area contributed by atoms with Gasteiger partial charge >= 0.3 is 0 Å². The highest BCUT2D eigenvalue weighted by atomic mass is 32.1. The van der Waals surface area contributed by atoms with Crippen molar-refractivity contribution in [1.82, 2.24) is 0 Å². The highest BCUT2D eigenvalue weighted by molar-refractivity contribution is 7.80. The molecule has 0 aliphatic rings. The van der Waals surface area contributed by atoms with E-state index in [1.54, 1.807) is 0 Å². The van der Waals surface area contributed by atoms with Crippen LogP contribution in [0.1, 0.15) is 77.2 Å². The molecule has 0 aliphatic heterocycles. The van der Waals surface area contributed by atoms with Crippen molar-refractivity contribution in [3.63, 3.8) is 0 Å². The lowest BCUT2D eigenvalue weighted by molar-refractivity contribution is 0.439. The van der Waals surface area contributed by atoms with Crippen molar-refractivity contribution in [1.29, 1.82) is 0 Å². The first-order valence-electron chi connectivity index (χ1n) is 7.93. The highest BCUT2D eigenvalue weighted by Gasteiger charge is 2.08. The highest BCUT2D eigenvalue weighted by Crippen LogP contribution is 2.27. The van der Waals surface area contributed by atoms with E-state index >= 15 is 0 Å². The maximum atomic E-state index is 4.55. The summed E-state index contributed by atoms with van der Waals surface area (Å²) in [5, 5.41) is 0. The first-order chi connectivity index (χ1) is 9.15. The van der Waals surface area contributed by atoms with Crippen LogP contribution < -0.4 is 0 Å². The zero-order valence-electron chi connectivity index (χ0n) is 12.9. The molecule has 0 spiro atoms. The van der Waals surface area contributed by atoms with E-state index in [1.165, 1.54) is 50.5 Å². The van der Waals surface area contributed by atoms with Crippen molar-refractivity contribution in [2.75, 3.05) is 0 Å². The maximum absolute atomic E-state index is 4.55. The number of hydrogen-bond acceptors (Lipinski definition) is 1. The van der Waals surface area contributed by atoms with Crippen LogP contribution in [0.5, 0.6) is 0 Å². The number of unbranched alkanes of at least 4 members (excludes halogenated alkanes) is 2. The van der Waals surface area contributed by atoms with Gasteiger partial charge in [0, 0.05) is 4.90 Å². The first-order valence-corrected chi connectivity index (χ1v) is 8.37. The van der Waals surface area contributed by atoms with Gasteiger partial charge in [-0.2, -0.15) is 0 Å². The Morgan fingerprint density at radius 2 is 1.58 bits per heavy atom. The summed E-state index contributed by atoms with van der Waals surface area (Å²) in [6, 6.07) is 8.50. The topological polar surface area (TPSA) is 0 Å². The molecule has 0 saturated carbocycles. The summed E-state index contributed by atoms with van der Waals surface area (Å²) in [6.07, 6.45) is 9.55. The second kappa shape index (κ2) is 9.47. The van der Waals surface area contributed by atoms with Gasteiger partial charge in [0.25, 0.3) is 0 Å². The number of benzene rings is 1. The van der Waals surface area contributed by atoms with Crippen LogP contribution in [0.15, 0.2) is 29.2 Å². The van der Waals surface area contributed by atoms with Gasteiger partial charge in [-0.3, -0.25) is 0 Å². The molecule has 0 aromatic heterocycles. The smallest absolute Gasteiger partial charge is 0.00747 e. The predicted molar refractivity (Wildman–Crippen MR) is 89.3 cm³/mol. The quantitative estimate of drug-likeness (QED) is 0.388. The van der Waals surface area contributed by atoms with Crippen LogP contribution in [0.25, 0.3) is 0 Å². The van der Waals surface area contributed by atoms with Gasteiger partial charge in [-0.1, -0.05) is 77.5 Å². The van der Waals surface area contributed by atoms with Crippen molar-refractivity contribution in [3.8, 4) is 0 Å². The van der Waals surface area contributed by atoms with Crippen LogP contribution in [0.2, 0.25) is 0 Å². The molecule has 0 bridgehead atoms. The SMILES string of the molecule is CCCCC(C)CCCCC(C)c1ccccc1S. The lowest BCUT2D eigenvalue weighted by Crippen LogP contribution is -1.98. The number of rotatable bonds is 9. The van der Waals surface area contributed by atoms with E-state index < -0.39 is 0 Å². The average Bonchev–Trinajstić information content (AvgIpc) is 2.41. The van der Waals surface area contributed by atoms with E-state index in [1.807, 2.05) is 0 Å². The van der Waals surface area contributed by atoms with E-state index in [0.29, 0.717) is 5.92 Å². The molecule has 0 heterocycles.